The number of rotatable bonds is 6. The maximum absolute atomic E-state index is 13.7. The zero-order valence-electron chi connectivity index (χ0n) is 33.9. The van der Waals surface area contributed by atoms with Crippen LogP contribution in [0.1, 0.15) is 81.6 Å². The molecule has 3 aromatic rings. The van der Waals surface area contributed by atoms with Crippen LogP contribution in [0.5, 0.6) is 0 Å². The first-order valence-electron chi connectivity index (χ1n) is 21.1. The lowest BCUT2D eigenvalue weighted by molar-refractivity contribution is -0.137. The number of benzene rings is 2. The first kappa shape index (κ1) is 39.2. The number of hydrogen-bond acceptors (Lipinski definition) is 10. The van der Waals surface area contributed by atoms with Crippen LogP contribution in [0.15, 0.2) is 54.7 Å². The lowest BCUT2D eigenvalue weighted by Crippen LogP contribution is -2.54. The molecule has 1 spiro atoms. The summed E-state index contributed by atoms with van der Waals surface area (Å²) < 4.78 is 0. The molecule has 6 aliphatic heterocycles. The maximum atomic E-state index is 13.7. The van der Waals surface area contributed by atoms with E-state index in [0.717, 1.165) is 73.0 Å². The van der Waals surface area contributed by atoms with Crippen LogP contribution in [0.2, 0.25) is 0 Å². The van der Waals surface area contributed by atoms with Gasteiger partial charge in [-0.15, -0.1) is 4.98 Å². The molecule has 5 fully saturated rings. The fraction of sp³-hybridized carbons (Fsp3) is 0.467. The van der Waals surface area contributed by atoms with Crippen molar-refractivity contribution in [1.29, 1.82) is 0 Å². The monoisotopic (exact) mass is 811 g/mol. The highest BCUT2D eigenvalue weighted by molar-refractivity contribution is 6.23. The second-order valence-corrected chi connectivity index (χ2v) is 17.2. The number of carbonyl (C=O) groups is 6. The molecule has 9 rings (SSSR count). The summed E-state index contributed by atoms with van der Waals surface area (Å²) in [5, 5.41) is 2.23. The van der Waals surface area contributed by atoms with Crippen LogP contribution < -0.4 is 20.0 Å². The van der Waals surface area contributed by atoms with Gasteiger partial charge < -0.3 is 29.3 Å². The highest BCUT2D eigenvalue weighted by atomic mass is 16.2. The largest absolute Gasteiger partial charge is 0.371 e. The number of fused-ring (bicyclic) bond motifs is 1. The average Bonchev–Trinajstić information content (AvgIpc) is 3.80. The SMILES string of the molecule is [C-]#[N+]c1ncc(N2CCC3(CCN(C(=O)c4ccc(N5CCN(C(=O)C6CCN(c7ccc8c(c7)C(=O)N(C7CCC(=O)NC7=O)C8=O)CC6)CC5)cc4)C3)CC2)cc1C. The molecule has 1 aromatic heterocycles. The first-order valence-corrected chi connectivity index (χ1v) is 21.1. The number of anilines is 3. The van der Waals surface area contributed by atoms with Gasteiger partial charge in [0.1, 0.15) is 12.2 Å². The Bertz CT molecular complexity index is 2300. The van der Waals surface area contributed by atoms with Gasteiger partial charge >= 0.3 is 0 Å². The molecule has 5 saturated heterocycles. The second kappa shape index (κ2) is 15.7. The fourth-order valence-corrected chi connectivity index (χ4v) is 10.1. The molecule has 6 amide bonds. The summed E-state index contributed by atoms with van der Waals surface area (Å²) in [5.74, 6) is -1.50. The van der Waals surface area contributed by atoms with Gasteiger partial charge in [-0.1, -0.05) is 6.57 Å². The van der Waals surface area contributed by atoms with Crippen molar-refractivity contribution in [2.75, 3.05) is 80.1 Å². The second-order valence-electron chi connectivity index (χ2n) is 17.2. The number of piperidine rings is 3. The molecule has 0 bridgehead atoms. The van der Waals surface area contributed by atoms with E-state index in [0.29, 0.717) is 63.5 Å². The predicted octanol–water partition coefficient (Wildman–Crippen LogP) is 4.04. The summed E-state index contributed by atoms with van der Waals surface area (Å²) in [6.45, 7) is 16.5. The van der Waals surface area contributed by atoms with Gasteiger partial charge in [0.2, 0.25) is 17.7 Å². The molecule has 15 heteroatoms. The predicted molar refractivity (Wildman–Crippen MR) is 223 cm³/mol. The number of hydrogen-bond donors (Lipinski definition) is 1. The number of imide groups is 2. The van der Waals surface area contributed by atoms with Crippen LogP contribution in [-0.2, 0) is 14.4 Å². The molecule has 7 heterocycles. The van der Waals surface area contributed by atoms with Crippen molar-refractivity contribution in [2.45, 2.75) is 57.9 Å². The van der Waals surface area contributed by atoms with E-state index in [1.54, 1.807) is 18.3 Å². The molecule has 6 aliphatic rings. The summed E-state index contributed by atoms with van der Waals surface area (Å²) in [5.41, 5.74) is 5.13. The molecule has 0 saturated carbocycles. The van der Waals surface area contributed by atoms with E-state index in [-0.39, 0.29) is 47.1 Å². The number of aryl methyl sites for hydroxylation is 1. The maximum Gasteiger partial charge on any atom is 0.272 e. The number of nitrogens with one attached hydrogen (secondary N) is 1. The van der Waals surface area contributed by atoms with Crippen LogP contribution in [0.3, 0.4) is 0 Å². The molecule has 1 unspecified atom stereocenters. The minimum absolute atomic E-state index is 0.0695. The van der Waals surface area contributed by atoms with Crippen molar-refractivity contribution >= 4 is 58.3 Å². The molecule has 1 N–H and O–H groups in total. The zero-order valence-corrected chi connectivity index (χ0v) is 33.9. The van der Waals surface area contributed by atoms with E-state index in [2.05, 4.69) is 35.9 Å². The number of pyridine rings is 1. The van der Waals surface area contributed by atoms with Crippen LogP contribution in [0, 0.1) is 24.8 Å². The fourth-order valence-electron chi connectivity index (χ4n) is 10.1. The summed E-state index contributed by atoms with van der Waals surface area (Å²) in [4.78, 5) is 97.4. The van der Waals surface area contributed by atoms with E-state index >= 15 is 0 Å². The summed E-state index contributed by atoms with van der Waals surface area (Å²) >= 11 is 0. The van der Waals surface area contributed by atoms with Crippen molar-refractivity contribution in [1.82, 2.24) is 25.0 Å². The van der Waals surface area contributed by atoms with Crippen molar-refractivity contribution in [3.63, 3.8) is 0 Å². The molecule has 60 heavy (non-hydrogen) atoms. The minimum Gasteiger partial charge on any atom is -0.371 e. The highest BCUT2D eigenvalue weighted by Crippen LogP contribution is 2.42. The van der Waals surface area contributed by atoms with Crippen LogP contribution >= 0.6 is 0 Å². The third-order valence-corrected chi connectivity index (χ3v) is 13.8. The Labute approximate surface area is 349 Å². The quantitative estimate of drug-likeness (QED) is 0.286. The average molecular weight is 812 g/mol. The Balaban J connectivity index is 0.730. The van der Waals surface area contributed by atoms with Gasteiger partial charge in [-0.3, -0.25) is 39.0 Å². The first-order chi connectivity index (χ1) is 29.0. The third kappa shape index (κ3) is 7.22. The van der Waals surface area contributed by atoms with Gasteiger partial charge in [0.15, 0.2) is 0 Å². The Morgan fingerprint density at radius 2 is 1.38 bits per heavy atom. The Morgan fingerprint density at radius 3 is 2.07 bits per heavy atom. The zero-order chi connectivity index (χ0) is 41.7. The van der Waals surface area contributed by atoms with Crippen molar-refractivity contribution in [2.24, 2.45) is 11.3 Å². The van der Waals surface area contributed by atoms with E-state index in [4.69, 9.17) is 6.57 Å². The number of carbonyl (C=O) groups excluding carboxylic acids is 6. The number of piperazine rings is 1. The summed E-state index contributed by atoms with van der Waals surface area (Å²) in [6, 6.07) is 14.1. The van der Waals surface area contributed by atoms with Gasteiger partial charge in [-0.2, -0.15) is 0 Å². The van der Waals surface area contributed by atoms with Gasteiger partial charge in [0, 0.05) is 94.7 Å². The topological polar surface area (TPSA) is 151 Å². The van der Waals surface area contributed by atoms with Crippen molar-refractivity contribution in [3.05, 3.63) is 88.4 Å². The lowest BCUT2D eigenvalue weighted by atomic mass is 9.77. The number of likely N-dealkylation sites (tertiary alicyclic amines) is 1. The third-order valence-electron chi connectivity index (χ3n) is 13.8. The number of amides is 6. The van der Waals surface area contributed by atoms with Gasteiger partial charge in [-0.25, -0.2) is 0 Å². The molecule has 2 aromatic carbocycles. The molecular weight excluding hydrogens is 763 g/mol. The van der Waals surface area contributed by atoms with Crippen LogP contribution in [0.4, 0.5) is 22.9 Å². The Hall–Kier alpha value is -6.30. The van der Waals surface area contributed by atoms with Crippen molar-refractivity contribution in [3.8, 4) is 0 Å². The molecule has 0 aliphatic carbocycles. The number of aromatic nitrogens is 1. The lowest BCUT2D eigenvalue weighted by Gasteiger charge is -2.40. The molecular formula is C45H49N9O6. The summed E-state index contributed by atoms with van der Waals surface area (Å²) in [6.07, 6.45) is 6.38. The van der Waals surface area contributed by atoms with E-state index in [9.17, 15) is 28.8 Å². The minimum atomic E-state index is -1.01. The normalized spacial score (nSPS) is 22.0. The number of nitrogens with zero attached hydrogens (tertiary/aromatic N) is 8. The highest BCUT2D eigenvalue weighted by Gasteiger charge is 2.45. The summed E-state index contributed by atoms with van der Waals surface area (Å²) in [7, 11) is 0. The molecule has 310 valence electrons. The Kier molecular flexibility index (Phi) is 10.3. The van der Waals surface area contributed by atoms with Crippen LogP contribution in [-0.4, -0.2) is 127 Å². The molecule has 15 nitrogen and oxygen atoms in total. The van der Waals surface area contributed by atoms with E-state index in [1.165, 1.54) is 0 Å². The van der Waals surface area contributed by atoms with Crippen LogP contribution in [0.25, 0.3) is 4.85 Å². The van der Waals surface area contributed by atoms with Gasteiger partial charge in [0.25, 0.3) is 23.5 Å². The standard InChI is InChI=1S/C45H49N9O6/c1-29-25-34(27-47-39(29)46-2)50-18-13-45(14-19-50)15-20-53(28-45)42(58)30-3-5-32(6-4-30)51-21-23-52(24-22-51)41(57)31-11-16-49(17-12-31)33-7-8-35-36(26-33)44(60)54(43(35)59)37-9-10-38(55)48-40(37)56/h3-8,25-27,31,37H,9-24,28H2,1H3,(H,48,55,56). The van der Waals surface area contributed by atoms with E-state index in [1.807, 2.05) is 47.1 Å². The van der Waals surface area contributed by atoms with Gasteiger partial charge in [-0.05, 0) is 105 Å². The smallest absolute Gasteiger partial charge is 0.272 e. The Morgan fingerprint density at radius 1 is 0.733 bits per heavy atom. The van der Waals surface area contributed by atoms with E-state index < -0.39 is 29.7 Å². The van der Waals surface area contributed by atoms with Crippen molar-refractivity contribution < 1.29 is 28.8 Å². The molecule has 0 radical (unpaired) electrons. The van der Waals surface area contributed by atoms with Gasteiger partial charge in [0.05, 0.1) is 16.8 Å². The molecule has 1 atom stereocenters.